The zero-order valence-electron chi connectivity index (χ0n) is 9.21. The number of nitrogens with zero attached hydrogens (tertiary/aromatic N) is 4. The Balaban J connectivity index is 2.04. The average Bonchev–Trinajstić information content (AvgIpc) is 2.73. The van der Waals surface area contributed by atoms with Crippen molar-refractivity contribution in [3.63, 3.8) is 0 Å². The molecule has 1 aromatic heterocycles. The van der Waals surface area contributed by atoms with Crippen molar-refractivity contribution in [1.82, 2.24) is 20.2 Å². The Hall–Kier alpha value is -2.11. The first-order valence-corrected chi connectivity index (χ1v) is 4.89. The van der Waals surface area contributed by atoms with Gasteiger partial charge in [0.1, 0.15) is 5.75 Å². The van der Waals surface area contributed by atoms with E-state index >= 15 is 0 Å². The van der Waals surface area contributed by atoms with E-state index in [1.165, 1.54) is 4.80 Å². The summed E-state index contributed by atoms with van der Waals surface area (Å²) in [7, 11) is 3.38. The Kier molecular flexibility index (Phi) is 3.00. The Labute approximate surface area is 93.2 Å². The molecule has 1 aromatic carbocycles. The molecule has 0 saturated heterocycles. The largest absolute Gasteiger partial charge is 0.495 e. The van der Waals surface area contributed by atoms with Crippen molar-refractivity contribution in [2.24, 2.45) is 7.05 Å². The van der Waals surface area contributed by atoms with Crippen LogP contribution in [0.4, 0.5) is 5.69 Å². The predicted octanol–water partition coefficient (Wildman–Crippen LogP) is 0.831. The standard InChI is InChI=1S/C10H13N5O/c1-15-13-10(12-14-15)7-11-8-5-3-4-6-9(8)16-2/h3-6,11H,7H2,1-2H3. The van der Waals surface area contributed by atoms with Gasteiger partial charge in [0.15, 0.2) is 5.82 Å². The van der Waals surface area contributed by atoms with Gasteiger partial charge < -0.3 is 10.1 Å². The van der Waals surface area contributed by atoms with Crippen LogP contribution in [-0.4, -0.2) is 27.3 Å². The molecule has 0 saturated carbocycles. The molecule has 0 spiro atoms. The molecule has 0 amide bonds. The average molecular weight is 219 g/mol. The van der Waals surface area contributed by atoms with Crippen molar-refractivity contribution < 1.29 is 4.74 Å². The molecular formula is C10H13N5O. The molecule has 0 atom stereocenters. The van der Waals surface area contributed by atoms with Crippen LogP contribution < -0.4 is 10.1 Å². The molecular weight excluding hydrogens is 206 g/mol. The van der Waals surface area contributed by atoms with Crippen molar-refractivity contribution in [2.75, 3.05) is 12.4 Å². The lowest BCUT2D eigenvalue weighted by Crippen LogP contribution is -2.03. The summed E-state index contributed by atoms with van der Waals surface area (Å²) in [5, 5.41) is 14.9. The number of ether oxygens (including phenoxy) is 1. The van der Waals surface area contributed by atoms with E-state index in [1.807, 2.05) is 24.3 Å². The van der Waals surface area contributed by atoms with E-state index in [1.54, 1.807) is 14.2 Å². The number of hydrogen-bond donors (Lipinski definition) is 1. The summed E-state index contributed by atoms with van der Waals surface area (Å²) in [6.07, 6.45) is 0. The summed E-state index contributed by atoms with van der Waals surface area (Å²) in [6.45, 7) is 0.522. The second kappa shape index (κ2) is 4.61. The van der Waals surface area contributed by atoms with Crippen LogP contribution in [0.5, 0.6) is 5.75 Å². The molecule has 16 heavy (non-hydrogen) atoms. The number of para-hydroxylation sites is 2. The minimum atomic E-state index is 0.522. The van der Waals surface area contributed by atoms with Gasteiger partial charge in [0, 0.05) is 0 Å². The molecule has 2 rings (SSSR count). The summed E-state index contributed by atoms with van der Waals surface area (Å²) in [4.78, 5) is 1.43. The second-order valence-corrected chi connectivity index (χ2v) is 3.25. The number of benzene rings is 1. The fourth-order valence-electron chi connectivity index (χ4n) is 1.36. The highest BCUT2D eigenvalue weighted by Crippen LogP contribution is 2.23. The van der Waals surface area contributed by atoms with E-state index in [9.17, 15) is 0 Å². The number of aryl methyl sites for hydroxylation is 1. The predicted molar refractivity (Wildman–Crippen MR) is 59.1 cm³/mol. The molecule has 84 valence electrons. The van der Waals surface area contributed by atoms with Gasteiger partial charge in [-0.25, -0.2) is 0 Å². The SMILES string of the molecule is COc1ccccc1NCc1nnn(C)n1. The molecule has 0 aliphatic rings. The van der Waals surface area contributed by atoms with Gasteiger partial charge >= 0.3 is 0 Å². The third kappa shape index (κ3) is 2.28. The molecule has 0 aliphatic carbocycles. The highest BCUT2D eigenvalue weighted by molar-refractivity contribution is 5.55. The Morgan fingerprint density at radius 1 is 1.38 bits per heavy atom. The lowest BCUT2D eigenvalue weighted by Gasteiger charge is -2.08. The highest BCUT2D eigenvalue weighted by atomic mass is 16.5. The maximum Gasteiger partial charge on any atom is 0.193 e. The van der Waals surface area contributed by atoms with E-state index in [-0.39, 0.29) is 0 Å². The zero-order chi connectivity index (χ0) is 11.4. The fourth-order valence-corrected chi connectivity index (χ4v) is 1.36. The first kappa shape index (κ1) is 10.4. The molecule has 0 fully saturated rings. The number of rotatable bonds is 4. The van der Waals surface area contributed by atoms with Crippen LogP contribution in [0.1, 0.15) is 5.82 Å². The maximum absolute atomic E-state index is 5.21. The fraction of sp³-hybridized carbons (Fsp3) is 0.300. The van der Waals surface area contributed by atoms with Crippen LogP contribution in [0.25, 0.3) is 0 Å². The number of tetrazole rings is 1. The quantitative estimate of drug-likeness (QED) is 0.825. The molecule has 6 nitrogen and oxygen atoms in total. The van der Waals surface area contributed by atoms with E-state index in [0.29, 0.717) is 12.4 Å². The number of anilines is 1. The normalized spacial score (nSPS) is 10.1. The number of aromatic nitrogens is 4. The summed E-state index contributed by atoms with van der Waals surface area (Å²) in [6, 6.07) is 7.70. The monoisotopic (exact) mass is 219 g/mol. The van der Waals surface area contributed by atoms with Crippen LogP contribution in [0.2, 0.25) is 0 Å². The Morgan fingerprint density at radius 2 is 2.19 bits per heavy atom. The number of nitrogens with one attached hydrogen (secondary N) is 1. The van der Waals surface area contributed by atoms with Gasteiger partial charge in [-0.1, -0.05) is 12.1 Å². The lowest BCUT2D eigenvalue weighted by atomic mass is 10.3. The Bertz CT molecular complexity index is 468. The lowest BCUT2D eigenvalue weighted by molar-refractivity contribution is 0.416. The topological polar surface area (TPSA) is 64.9 Å². The Morgan fingerprint density at radius 3 is 2.88 bits per heavy atom. The van der Waals surface area contributed by atoms with Gasteiger partial charge in [0.2, 0.25) is 0 Å². The molecule has 1 N–H and O–H groups in total. The highest BCUT2D eigenvalue weighted by Gasteiger charge is 2.03. The zero-order valence-corrected chi connectivity index (χ0v) is 9.21. The van der Waals surface area contributed by atoms with Crippen LogP contribution in [0.3, 0.4) is 0 Å². The minimum Gasteiger partial charge on any atom is -0.495 e. The van der Waals surface area contributed by atoms with E-state index in [2.05, 4.69) is 20.7 Å². The molecule has 0 unspecified atom stereocenters. The van der Waals surface area contributed by atoms with Gasteiger partial charge in [0.05, 0.1) is 26.4 Å². The first-order chi connectivity index (χ1) is 7.79. The van der Waals surface area contributed by atoms with Crippen molar-refractivity contribution in [2.45, 2.75) is 6.54 Å². The second-order valence-electron chi connectivity index (χ2n) is 3.25. The molecule has 0 radical (unpaired) electrons. The van der Waals surface area contributed by atoms with E-state index < -0.39 is 0 Å². The number of methoxy groups -OCH3 is 1. The minimum absolute atomic E-state index is 0.522. The summed E-state index contributed by atoms with van der Waals surface area (Å²) < 4.78 is 5.21. The van der Waals surface area contributed by atoms with E-state index in [0.717, 1.165) is 11.4 Å². The van der Waals surface area contributed by atoms with Gasteiger partial charge in [-0.3, -0.25) is 0 Å². The van der Waals surface area contributed by atoms with Gasteiger partial charge in [-0.15, -0.1) is 10.2 Å². The van der Waals surface area contributed by atoms with Gasteiger partial charge in [0.25, 0.3) is 0 Å². The summed E-state index contributed by atoms with van der Waals surface area (Å²) >= 11 is 0. The summed E-state index contributed by atoms with van der Waals surface area (Å²) in [5.41, 5.74) is 0.914. The summed E-state index contributed by atoms with van der Waals surface area (Å²) in [5.74, 6) is 1.44. The third-order valence-corrected chi connectivity index (χ3v) is 2.09. The van der Waals surface area contributed by atoms with Crippen LogP contribution in [0.15, 0.2) is 24.3 Å². The van der Waals surface area contributed by atoms with Crippen molar-refractivity contribution in [3.8, 4) is 5.75 Å². The molecule has 2 aromatic rings. The van der Waals surface area contributed by atoms with Crippen LogP contribution in [0, 0.1) is 0 Å². The third-order valence-electron chi connectivity index (χ3n) is 2.09. The molecule has 1 heterocycles. The maximum atomic E-state index is 5.21. The molecule has 0 aliphatic heterocycles. The van der Waals surface area contributed by atoms with Crippen LogP contribution >= 0.6 is 0 Å². The van der Waals surface area contributed by atoms with Gasteiger partial charge in [-0.05, 0) is 17.3 Å². The van der Waals surface area contributed by atoms with Crippen LogP contribution in [-0.2, 0) is 13.6 Å². The van der Waals surface area contributed by atoms with Crippen molar-refractivity contribution in [1.29, 1.82) is 0 Å². The molecule has 6 heteroatoms. The first-order valence-electron chi connectivity index (χ1n) is 4.89. The van der Waals surface area contributed by atoms with Crippen molar-refractivity contribution >= 4 is 5.69 Å². The van der Waals surface area contributed by atoms with Gasteiger partial charge in [-0.2, -0.15) is 4.80 Å². The van der Waals surface area contributed by atoms with E-state index in [4.69, 9.17) is 4.74 Å². The van der Waals surface area contributed by atoms with Crippen molar-refractivity contribution in [3.05, 3.63) is 30.1 Å². The smallest absolute Gasteiger partial charge is 0.193 e. The number of hydrogen-bond acceptors (Lipinski definition) is 5. The molecule has 0 bridgehead atoms.